The molecule has 1 aliphatic rings. The summed E-state index contributed by atoms with van der Waals surface area (Å²) >= 11 is 6.11. The van der Waals surface area contributed by atoms with Crippen molar-refractivity contribution in [2.24, 2.45) is 0 Å². The standard InChI is InChI=1S/C16H17ClN4O2/c1-21-9-11(6-15(21)23)13-7-14(22)20-16(19-13)18-8-10-4-2-3-5-12(10)17/h2-5,7,11H,6,8-9H2,1H3,(H2,18,19,20,22)/t11-/m1/s1. The zero-order valence-corrected chi connectivity index (χ0v) is 13.4. The van der Waals surface area contributed by atoms with Crippen molar-refractivity contribution in [3.63, 3.8) is 0 Å². The van der Waals surface area contributed by atoms with Crippen LogP contribution in [0.1, 0.15) is 23.6 Å². The maximum atomic E-state index is 11.8. The molecule has 23 heavy (non-hydrogen) atoms. The third-order valence-corrected chi connectivity index (χ3v) is 4.29. The second-order valence-corrected chi connectivity index (χ2v) is 6.05. The summed E-state index contributed by atoms with van der Waals surface area (Å²) in [5.74, 6) is 0.410. The maximum absolute atomic E-state index is 11.8. The molecule has 1 aromatic carbocycles. The van der Waals surface area contributed by atoms with Crippen molar-refractivity contribution in [1.29, 1.82) is 0 Å². The Morgan fingerprint density at radius 1 is 1.39 bits per heavy atom. The predicted molar refractivity (Wildman–Crippen MR) is 88.6 cm³/mol. The summed E-state index contributed by atoms with van der Waals surface area (Å²) in [7, 11) is 1.76. The van der Waals surface area contributed by atoms with E-state index < -0.39 is 0 Å². The van der Waals surface area contributed by atoms with Crippen LogP contribution in [0, 0.1) is 0 Å². The number of anilines is 1. The van der Waals surface area contributed by atoms with Crippen molar-refractivity contribution in [3.05, 3.63) is 57.0 Å². The second kappa shape index (κ2) is 6.42. The first-order valence-electron chi connectivity index (χ1n) is 7.35. The van der Waals surface area contributed by atoms with Gasteiger partial charge in [0.25, 0.3) is 5.56 Å². The Kier molecular flexibility index (Phi) is 4.34. The van der Waals surface area contributed by atoms with Gasteiger partial charge in [-0.1, -0.05) is 29.8 Å². The van der Waals surface area contributed by atoms with Gasteiger partial charge in [0.2, 0.25) is 11.9 Å². The number of likely N-dealkylation sites (tertiary alicyclic amines) is 1. The lowest BCUT2D eigenvalue weighted by Gasteiger charge is -2.12. The lowest BCUT2D eigenvalue weighted by Crippen LogP contribution is -2.20. The molecule has 0 saturated carbocycles. The van der Waals surface area contributed by atoms with Crippen LogP contribution in [0.5, 0.6) is 0 Å². The van der Waals surface area contributed by atoms with Crippen LogP contribution in [0.3, 0.4) is 0 Å². The molecular formula is C16H17ClN4O2. The fourth-order valence-electron chi connectivity index (χ4n) is 2.65. The number of hydrogen-bond acceptors (Lipinski definition) is 4. The quantitative estimate of drug-likeness (QED) is 0.897. The van der Waals surface area contributed by atoms with Gasteiger partial charge in [0.15, 0.2) is 0 Å². The van der Waals surface area contributed by atoms with E-state index in [-0.39, 0.29) is 17.4 Å². The van der Waals surface area contributed by atoms with Gasteiger partial charge in [-0.25, -0.2) is 4.98 Å². The number of rotatable bonds is 4. The fourth-order valence-corrected chi connectivity index (χ4v) is 2.85. The topological polar surface area (TPSA) is 78.1 Å². The molecule has 0 bridgehead atoms. The average Bonchev–Trinajstić information content (AvgIpc) is 2.86. The number of nitrogens with zero attached hydrogens (tertiary/aromatic N) is 2. The third-order valence-electron chi connectivity index (χ3n) is 3.92. The molecule has 1 saturated heterocycles. The van der Waals surface area contributed by atoms with E-state index in [1.807, 2.05) is 24.3 Å². The summed E-state index contributed by atoms with van der Waals surface area (Å²) in [5, 5.41) is 3.73. The molecule has 2 heterocycles. The summed E-state index contributed by atoms with van der Waals surface area (Å²) in [5.41, 5.74) is 1.31. The van der Waals surface area contributed by atoms with Gasteiger partial charge < -0.3 is 10.2 Å². The normalized spacial score (nSPS) is 17.6. The number of carbonyl (C=O) groups is 1. The molecule has 0 spiro atoms. The summed E-state index contributed by atoms with van der Waals surface area (Å²) in [6.45, 7) is 1.04. The van der Waals surface area contributed by atoms with E-state index in [1.165, 1.54) is 6.07 Å². The van der Waals surface area contributed by atoms with Gasteiger partial charge in [0.05, 0.1) is 5.69 Å². The Morgan fingerprint density at radius 2 is 2.17 bits per heavy atom. The minimum absolute atomic E-state index is 0.0457. The lowest BCUT2D eigenvalue weighted by atomic mass is 10.0. The molecule has 2 aromatic rings. The number of H-pyrrole nitrogens is 1. The largest absolute Gasteiger partial charge is 0.352 e. The van der Waals surface area contributed by atoms with Gasteiger partial charge >= 0.3 is 0 Å². The Hall–Kier alpha value is -2.34. The van der Waals surface area contributed by atoms with E-state index in [2.05, 4.69) is 15.3 Å². The third kappa shape index (κ3) is 3.53. The number of benzene rings is 1. The number of carbonyl (C=O) groups excluding carboxylic acids is 1. The Balaban J connectivity index is 1.77. The molecule has 1 aliphatic heterocycles. The molecular weight excluding hydrogens is 316 g/mol. The van der Waals surface area contributed by atoms with E-state index in [1.54, 1.807) is 11.9 Å². The molecule has 6 nitrogen and oxygen atoms in total. The molecule has 1 aromatic heterocycles. The van der Waals surface area contributed by atoms with Gasteiger partial charge in [-0.3, -0.25) is 14.6 Å². The minimum atomic E-state index is -0.237. The van der Waals surface area contributed by atoms with E-state index in [0.29, 0.717) is 36.2 Å². The minimum Gasteiger partial charge on any atom is -0.352 e. The maximum Gasteiger partial charge on any atom is 0.252 e. The van der Waals surface area contributed by atoms with Crippen LogP contribution in [0.2, 0.25) is 5.02 Å². The van der Waals surface area contributed by atoms with E-state index in [9.17, 15) is 9.59 Å². The van der Waals surface area contributed by atoms with Gasteiger partial charge in [-0.2, -0.15) is 0 Å². The predicted octanol–water partition coefficient (Wildman–Crippen LogP) is 1.98. The first kappa shape index (κ1) is 15.6. The number of amides is 1. The molecule has 1 amide bonds. The lowest BCUT2D eigenvalue weighted by molar-refractivity contribution is -0.126. The second-order valence-electron chi connectivity index (χ2n) is 5.64. The van der Waals surface area contributed by atoms with Crippen LogP contribution in [-0.4, -0.2) is 34.4 Å². The number of aromatic nitrogens is 2. The van der Waals surface area contributed by atoms with Crippen molar-refractivity contribution in [3.8, 4) is 0 Å². The van der Waals surface area contributed by atoms with E-state index in [4.69, 9.17) is 11.6 Å². The highest BCUT2D eigenvalue weighted by Crippen LogP contribution is 2.25. The van der Waals surface area contributed by atoms with E-state index >= 15 is 0 Å². The Morgan fingerprint density at radius 3 is 2.87 bits per heavy atom. The summed E-state index contributed by atoms with van der Waals surface area (Å²) in [6.07, 6.45) is 0.386. The van der Waals surface area contributed by atoms with Gasteiger partial charge in [0, 0.05) is 43.6 Å². The summed E-state index contributed by atoms with van der Waals surface area (Å²) in [4.78, 5) is 32.3. The smallest absolute Gasteiger partial charge is 0.252 e. The van der Waals surface area contributed by atoms with Crippen LogP contribution < -0.4 is 10.9 Å². The zero-order valence-electron chi connectivity index (χ0n) is 12.7. The molecule has 1 fully saturated rings. The first-order valence-corrected chi connectivity index (χ1v) is 7.73. The summed E-state index contributed by atoms with van der Waals surface area (Å²) in [6, 6.07) is 8.93. The first-order chi connectivity index (χ1) is 11.0. The van der Waals surface area contributed by atoms with Crippen molar-refractivity contribution >= 4 is 23.5 Å². The molecule has 120 valence electrons. The molecule has 0 aliphatic carbocycles. The van der Waals surface area contributed by atoms with Gasteiger partial charge in [-0.05, 0) is 11.6 Å². The number of hydrogen-bond donors (Lipinski definition) is 2. The SMILES string of the molecule is CN1C[C@H](c2cc(=O)[nH]c(NCc3ccccc3Cl)n2)CC1=O. The molecule has 0 radical (unpaired) electrons. The van der Waals surface area contributed by atoms with Gasteiger partial charge in [0.1, 0.15) is 0 Å². The van der Waals surface area contributed by atoms with Crippen molar-refractivity contribution in [2.45, 2.75) is 18.9 Å². The van der Waals surface area contributed by atoms with Crippen LogP contribution in [0.4, 0.5) is 5.95 Å². The summed E-state index contributed by atoms with van der Waals surface area (Å²) < 4.78 is 0. The van der Waals surface area contributed by atoms with Crippen LogP contribution in [0.25, 0.3) is 0 Å². The fraction of sp³-hybridized carbons (Fsp3) is 0.312. The highest BCUT2D eigenvalue weighted by atomic mass is 35.5. The number of halogens is 1. The van der Waals surface area contributed by atoms with Gasteiger partial charge in [-0.15, -0.1) is 0 Å². The van der Waals surface area contributed by atoms with E-state index in [0.717, 1.165) is 5.56 Å². The monoisotopic (exact) mass is 332 g/mol. The van der Waals surface area contributed by atoms with Crippen molar-refractivity contribution < 1.29 is 4.79 Å². The highest BCUT2D eigenvalue weighted by Gasteiger charge is 2.29. The molecule has 1 atom stereocenters. The zero-order chi connectivity index (χ0) is 16.4. The highest BCUT2D eigenvalue weighted by molar-refractivity contribution is 6.31. The van der Waals surface area contributed by atoms with Crippen LogP contribution in [-0.2, 0) is 11.3 Å². The number of aromatic amines is 1. The molecule has 3 rings (SSSR count). The van der Waals surface area contributed by atoms with Crippen molar-refractivity contribution in [2.75, 3.05) is 18.9 Å². The molecule has 2 N–H and O–H groups in total. The average molecular weight is 333 g/mol. The Labute approximate surface area is 138 Å². The van der Waals surface area contributed by atoms with Crippen LogP contribution in [0.15, 0.2) is 35.1 Å². The van der Waals surface area contributed by atoms with Crippen molar-refractivity contribution in [1.82, 2.24) is 14.9 Å². The van der Waals surface area contributed by atoms with Crippen LogP contribution >= 0.6 is 11.6 Å². The number of nitrogens with one attached hydrogen (secondary N) is 2. The molecule has 7 heteroatoms. The number of likely N-dealkylation sites (N-methyl/N-ethyl adjacent to an activating group) is 1. The Bertz CT molecular complexity index is 790. The molecule has 0 unspecified atom stereocenters.